The van der Waals surface area contributed by atoms with Gasteiger partial charge in [0.25, 0.3) is 5.91 Å². The van der Waals surface area contributed by atoms with Crippen LogP contribution in [-0.4, -0.2) is 5.91 Å². The third kappa shape index (κ3) is 3.10. The van der Waals surface area contributed by atoms with Crippen LogP contribution in [0.5, 0.6) is 0 Å². The zero-order valence-corrected chi connectivity index (χ0v) is 15.3. The Hall–Kier alpha value is -3.06. The van der Waals surface area contributed by atoms with Gasteiger partial charge in [-0.2, -0.15) is 0 Å². The molecule has 0 spiro atoms. The van der Waals surface area contributed by atoms with Gasteiger partial charge in [-0.25, -0.2) is 0 Å². The third-order valence-corrected chi connectivity index (χ3v) is 4.94. The minimum Gasteiger partial charge on any atom is -0.305 e. The van der Waals surface area contributed by atoms with Crippen molar-refractivity contribution in [3.8, 4) is 11.8 Å². The second-order valence-corrected chi connectivity index (χ2v) is 6.84. The zero-order valence-electron chi connectivity index (χ0n) is 14.5. The monoisotopic (exact) mass is 372 g/mol. The molecular formula is C23H17ClN2O. The van der Waals surface area contributed by atoms with E-state index in [1.165, 1.54) is 0 Å². The molecule has 3 aromatic carbocycles. The molecule has 3 aromatic rings. The zero-order chi connectivity index (χ0) is 18.9. The molecule has 2 N–H and O–H groups in total. The van der Waals surface area contributed by atoms with Crippen molar-refractivity contribution >= 4 is 23.2 Å². The Bertz CT molecular complexity index is 1050. The number of hydrogen-bond acceptors (Lipinski definition) is 2. The van der Waals surface area contributed by atoms with E-state index in [4.69, 9.17) is 17.3 Å². The highest BCUT2D eigenvalue weighted by atomic mass is 35.5. The summed E-state index contributed by atoms with van der Waals surface area (Å²) in [4.78, 5) is 15.0. The molecule has 0 bridgehead atoms. The Morgan fingerprint density at radius 2 is 1.59 bits per heavy atom. The van der Waals surface area contributed by atoms with Crippen molar-refractivity contribution in [3.63, 3.8) is 0 Å². The summed E-state index contributed by atoms with van der Waals surface area (Å²) < 4.78 is 0. The van der Waals surface area contributed by atoms with Gasteiger partial charge in [-0.1, -0.05) is 78.0 Å². The predicted octanol–water partition coefficient (Wildman–Crippen LogP) is 4.09. The smallest absolute Gasteiger partial charge is 0.264 e. The molecule has 0 radical (unpaired) electrons. The molecule has 0 unspecified atom stereocenters. The second-order valence-electron chi connectivity index (χ2n) is 6.43. The number of fused-ring (bicyclic) bond motifs is 1. The van der Waals surface area contributed by atoms with Gasteiger partial charge in [0.1, 0.15) is 0 Å². The lowest BCUT2D eigenvalue weighted by atomic mass is 9.92. The predicted molar refractivity (Wildman–Crippen MR) is 108 cm³/mol. The molecule has 3 nitrogen and oxygen atoms in total. The number of nitrogens with zero attached hydrogens (tertiary/aromatic N) is 1. The highest BCUT2D eigenvalue weighted by molar-refractivity contribution is 6.33. The first kappa shape index (κ1) is 17.4. The number of benzene rings is 3. The Kier molecular flexibility index (Phi) is 4.45. The largest absolute Gasteiger partial charge is 0.305 e. The van der Waals surface area contributed by atoms with Crippen molar-refractivity contribution in [1.82, 2.24) is 0 Å². The van der Waals surface area contributed by atoms with E-state index in [1.807, 2.05) is 72.8 Å². The molecule has 4 heteroatoms. The number of amides is 1. The summed E-state index contributed by atoms with van der Waals surface area (Å²) in [6.45, 7) is 0.416. The lowest BCUT2D eigenvalue weighted by Gasteiger charge is -2.20. The van der Waals surface area contributed by atoms with Crippen LogP contribution in [0.4, 0.5) is 5.69 Å². The van der Waals surface area contributed by atoms with Crippen LogP contribution in [0.1, 0.15) is 16.7 Å². The summed E-state index contributed by atoms with van der Waals surface area (Å²) in [5.41, 5.74) is 8.17. The third-order valence-electron chi connectivity index (χ3n) is 4.62. The highest BCUT2D eigenvalue weighted by Crippen LogP contribution is 2.43. The van der Waals surface area contributed by atoms with Gasteiger partial charge >= 0.3 is 0 Å². The fraction of sp³-hybridized carbons (Fsp3) is 0.0870. The van der Waals surface area contributed by atoms with E-state index in [-0.39, 0.29) is 5.91 Å². The van der Waals surface area contributed by atoms with Crippen LogP contribution in [0, 0.1) is 11.8 Å². The number of rotatable bonds is 2. The van der Waals surface area contributed by atoms with Crippen LogP contribution in [0.15, 0.2) is 78.9 Å². The standard InChI is InChI=1S/C23H17ClN2O/c24-19-12-7-13-20-21(19)23(25,15-14-17-8-3-1-4-9-17)22(27)26(20)16-18-10-5-2-6-11-18/h1-13H,16,25H2/t23-/m0/s1. The van der Waals surface area contributed by atoms with Crippen LogP contribution in [0.2, 0.25) is 5.02 Å². The molecule has 0 fully saturated rings. The molecule has 1 atom stereocenters. The lowest BCUT2D eigenvalue weighted by molar-refractivity contribution is -0.121. The molecule has 27 heavy (non-hydrogen) atoms. The molecule has 4 rings (SSSR count). The fourth-order valence-electron chi connectivity index (χ4n) is 3.29. The van der Waals surface area contributed by atoms with E-state index >= 15 is 0 Å². The molecule has 132 valence electrons. The minimum absolute atomic E-state index is 0.266. The van der Waals surface area contributed by atoms with Crippen LogP contribution >= 0.6 is 11.6 Å². The number of carbonyl (C=O) groups is 1. The summed E-state index contributed by atoms with van der Waals surface area (Å²) in [6.07, 6.45) is 0. The highest BCUT2D eigenvalue weighted by Gasteiger charge is 2.48. The summed E-state index contributed by atoms with van der Waals surface area (Å²) in [5.74, 6) is 5.75. The summed E-state index contributed by atoms with van der Waals surface area (Å²) in [6, 6.07) is 24.7. The molecule has 1 heterocycles. The first-order valence-electron chi connectivity index (χ1n) is 8.61. The van der Waals surface area contributed by atoms with Crippen LogP contribution in [0.3, 0.4) is 0 Å². The normalized spacial score (nSPS) is 18.0. The van der Waals surface area contributed by atoms with Gasteiger partial charge in [0.15, 0.2) is 5.54 Å². The Balaban J connectivity index is 1.80. The molecule has 0 aromatic heterocycles. The fourth-order valence-corrected chi connectivity index (χ4v) is 3.61. The maximum Gasteiger partial charge on any atom is 0.264 e. The average Bonchev–Trinajstić information content (AvgIpc) is 2.91. The first-order valence-corrected chi connectivity index (χ1v) is 8.99. The van der Waals surface area contributed by atoms with Crippen LogP contribution in [-0.2, 0) is 16.9 Å². The molecule has 1 aliphatic heterocycles. The van der Waals surface area contributed by atoms with Gasteiger partial charge in [-0.3, -0.25) is 4.79 Å². The van der Waals surface area contributed by atoms with Gasteiger partial charge in [-0.15, -0.1) is 0 Å². The van der Waals surface area contributed by atoms with Gasteiger partial charge in [-0.05, 0) is 29.8 Å². The van der Waals surface area contributed by atoms with Crippen LogP contribution in [0.25, 0.3) is 0 Å². The van der Waals surface area contributed by atoms with E-state index in [0.29, 0.717) is 22.8 Å². The van der Waals surface area contributed by atoms with Gasteiger partial charge in [0.2, 0.25) is 0 Å². The van der Waals surface area contributed by atoms with Crippen molar-refractivity contribution in [3.05, 3.63) is 101 Å². The van der Waals surface area contributed by atoms with Gasteiger partial charge < -0.3 is 10.6 Å². The van der Waals surface area contributed by atoms with Gasteiger partial charge in [0, 0.05) is 16.1 Å². The molecule has 1 aliphatic rings. The van der Waals surface area contributed by atoms with Crippen LogP contribution < -0.4 is 10.6 Å². The number of carbonyl (C=O) groups excluding carboxylic acids is 1. The average molecular weight is 373 g/mol. The quantitative estimate of drug-likeness (QED) is 0.688. The topological polar surface area (TPSA) is 46.3 Å². The van der Waals surface area contributed by atoms with E-state index in [1.54, 1.807) is 11.0 Å². The number of anilines is 1. The molecule has 0 saturated heterocycles. The maximum atomic E-state index is 13.3. The van der Waals surface area contributed by atoms with E-state index in [0.717, 1.165) is 11.1 Å². The van der Waals surface area contributed by atoms with Crippen molar-refractivity contribution in [2.24, 2.45) is 5.73 Å². The van der Waals surface area contributed by atoms with E-state index < -0.39 is 5.54 Å². The molecule has 0 aliphatic carbocycles. The molecule has 0 saturated carbocycles. The molecular weight excluding hydrogens is 356 g/mol. The first-order chi connectivity index (χ1) is 13.1. The van der Waals surface area contributed by atoms with Crippen molar-refractivity contribution in [2.75, 3.05) is 4.90 Å². The summed E-state index contributed by atoms with van der Waals surface area (Å²) in [5, 5.41) is 0.446. The minimum atomic E-state index is -1.47. The Labute approximate surface area is 163 Å². The number of nitrogens with two attached hydrogens (primary N) is 1. The Morgan fingerprint density at radius 1 is 0.926 bits per heavy atom. The van der Waals surface area contributed by atoms with Gasteiger partial charge in [0.05, 0.1) is 12.2 Å². The maximum absolute atomic E-state index is 13.3. The Morgan fingerprint density at radius 3 is 2.30 bits per heavy atom. The SMILES string of the molecule is N[C@]1(C#Cc2ccccc2)C(=O)N(Cc2ccccc2)c2cccc(Cl)c21. The van der Waals surface area contributed by atoms with Crippen molar-refractivity contribution < 1.29 is 4.79 Å². The van der Waals surface area contributed by atoms with Crippen molar-refractivity contribution in [1.29, 1.82) is 0 Å². The van der Waals surface area contributed by atoms with Crippen molar-refractivity contribution in [2.45, 2.75) is 12.1 Å². The lowest BCUT2D eigenvalue weighted by Crippen LogP contribution is -2.46. The molecule has 1 amide bonds. The number of hydrogen-bond donors (Lipinski definition) is 1. The summed E-state index contributed by atoms with van der Waals surface area (Å²) in [7, 11) is 0. The summed E-state index contributed by atoms with van der Waals surface area (Å²) >= 11 is 6.44. The number of halogens is 1. The van der Waals surface area contributed by atoms with E-state index in [2.05, 4.69) is 11.8 Å². The van der Waals surface area contributed by atoms with E-state index in [9.17, 15) is 4.79 Å². The second kappa shape index (κ2) is 6.92.